The second-order valence-corrected chi connectivity index (χ2v) is 9.85. The number of carbonyl (C=O) groups is 1. The van der Waals surface area contributed by atoms with Crippen molar-refractivity contribution < 1.29 is 13.2 Å². The maximum absolute atomic E-state index is 12.7. The first-order valence-electron chi connectivity index (χ1n) is 8.73. The predicted octanol–water partition coefficient (Wildman–Crippen LogP) is 4.83. The Morgan fingerprint density at radius 3 is 2.39 bits per heavy atom. The summed E-state index contributed by atoms with van der Waals surface area (Å²) in [6.45, 7) is 0.572. The quantitative estimate of drug-likeness (QED) is 0.693. The lowest BCUT2D eigenvalue weighted by Crippen LogP contribution is -2.41. The summed E-state index contributed by atoms with van der Waals surface area (Å²) in [5.41, 5.74) is 1.02. The average Bonchev–Trinajstić information content (AvgIpc) is 2.66. The Balaban J connectivity index is 1.60. The van der Waals surface area contributed by atoms with E-state index in [1.165, 1.54) is 4.31 Å². The van der Waals surface area contributed by atoms with E-state index in [4.69, 9.17) is 34.8 Å². The molecule has 1 amide bonds. The Morgan fingerprint density at radius 2 is 1.71 bits per heavy atom. The number of benzene rings is 2. The van der Waals surface area contributed by atoms with E-state index in [1.54, 1.807) is 42.5 Å². The first kappa shape index (κ1) is 21.4. The van der Waals surface area contributed by atoms with Gasteiger partial charge in [-0.15, -0.1) is 0 Å². The van der Waals surface area contributed by atoms with Crippen molar-refractivity contribution in [1.29, 1.82) is 0 Å². The second kappa shape index (κ2) is 9.01. The molecule has 0 unspecified atom stereocenters. The van der Waals surface area contributed by atoms with Gasteiger partial charge in [0, 0.05) is 29.1 Å². The minimum Gasteiger partial charge on any atom is -0.324 e. The van der Waals surface area contributed by atoms with Crippen LogP contribution in [0.25, 0.3) is 0 Å². The topological polar surface area (TPSA) is 66.5 Å². The van der Waals surface area contributed by atoms with Crippen molar-refractivity contribution in [1.82, 2.24) is 4.31 Å². The molecule has 1 N–H and O–H groups in total. The summed E-state index contributed by atoms with van der Waals surface area (Å²) >= 11 is 18.1. The van der Waals surface area contributed by atoms with Gasteiger partial charge >= 0.3 is 0 Å². The van der Waals surface area contributed by atoms with Crippen molar-refractivity contribution in [2.45, 2.75) is 18.6 Å². The molecule has 2 aromatic carbocycles. The highest BCUT2D eigenvalue weighted by Crippen LogP contribution is 2.28. The number of nitrogens with zero attached hydrogens (tertiary/aromatic N) is 1. The van der Waals surface area contributed by atoms with E-state index in [-0.39, 0.29) is 30.7 Å². The summed E-state index contributed by atoms with van der Waals surface area (Å²) in [7, 11) is -3.50. The minimum atomic E-state index is -3.50. The summed E-state index contributed by atoms with van der Waals surface area (Å²) in [4.78, 5) is 12.5. The van der Waals surface area contributed by atoms with Crippen LogP contribution >= 0.6 is 34.8 Å². The molecule has 0 saturated carbocycles. The molecule has 0 aliphatic carbocycles. The minimum absolute atomic E-state index is 0.151. The highest BCUT2D eigenvalue weighted by atomic mass is 35.5. The van der Waals surface area contributed by atoms with Gasteiger partial charge in [-0.05, 0) is 42.7 Å². The van der Waals surface area contributed by atoms with Crippen molar-refractivity contribution in [2.24, 2.45) is 5.92 Å². The molecule has 3 rings (SSSR count). The molecule has 0 aromatic heterocycles. The summed E-state index contributed by atoms with van der Waals surface area (Å²) in [6, 6.07) is 11.7. The Labute approximate surface area is 179 Å². The highest BCUT2D eigenvalue weighted by Gasteiger charge is 2.31. The molecule has 1 saturated heterocycles. The van der Waals surface area contributed by atoms with Crippen LogP contribution in [-0.4, -0.2) is 31.7 Å². The zero-order valence-electron chi connectivity index (χ0n) is 14.9. The number of piperidine rings is 1. The number of hydrogen-bond donors (Lipinski definition) is 1. The first-order valence-corrected chi connectivity index (χ1v) is 11.5. The van der Waals surface area contributed by atoms with Gasteiger partial charge in [0.2, 0.25) is 15.9 Å². The number of amides is 1. The van der Waals surface area contributed by atoms with Gasteiger partial charge in [-0.25, -0.2) is 12.7 Å². The number of carbonyl (C=O) groups excluding carboxylic acids is 1. The molecule has 0 spiro atoms. The fourth-order valence-corrected chi connectivity index (χ4v) is 5.34. The number of halogens is 3. The maximum atomic E-state index is 12.7. The predicted molar refractivity (Wildman–Crippen MR) is 113 cm³/mol. The number of nitrogens with one attached hydrogen (secondary N) is 1. The van der Waals surface area contributed by atoms with Gasteiger partial charge in [0.05, 0.1) is 16.5 Å². The van der Waals surface area contributed by atoms with Gasteiger partial charge < -0.3 is 5.32 Å². The largest absolute Gasteiger partial charge is 0.324 e. The molecular weight excluding hydrogens is 443 g/mol. The highest BCUT2D eigenvalue weighted by molar-refractivity contribution is 7.88. The van der Waals surface area contributed by atoms with Gasteiger partial charge in [0.15, 0.2) is 0 Å². The van der Waals surface area contributed by atoms with Crippen LogP contribution in [0.15, 0.2) is 42.5 Å². The molecule has 1 fully saturated rings. The van der Waals surface area contributed by atoms with E-state index >= 15 is 0 Å². The normalized spacial score (nSPS) is 16.1. The van der Waals surface area contributed by atoms with E-state index in [1.807, 2.05) is 0 Å². The smallest absolute Gasteiger partial charge is 0.227 e. The van der Waals surface area contributed by atoms with E-state index in [9.17, 15) is 13.2 Å². The lowest BCUT2D eigenvalue weighted by atomic mass is 9.97. The third kappa shape index (κ3) is 5.19. The third-order valence-electron chi connectivity index (χ3n) is 4.70. The zero-order chi connectivity index (χ0) is 20.3. The summed E-state index contributed by atoms with van der Waals surface area (Å²) in [5.74, 6) is -0.629. The van der Waals surface area contributed by atoms with Crippen LogP contribution in [0.4, 0.5) is 5.69 Å². The Hall–Kier alpha value is -1.31. The van der Waals surface area contributed by atoms with Crippen molar-refractivity contribution >= 4 is 56.4 Å². The number of anilines is 1. The summed E-state index contributed by atoms with van der Waals surface area (Å²) in [6.07, 6.45) is 0.873. The number of rotatable bonds is 5. The molecule has 1 aliphatic rings. The monoisotopic (exact) mass is 460 g/mol. The summed E-state index contributed by atoms with van der Waals surface area (Å²) in [5, 5.41) is 4.08. The van der Waals surface area contributed by atoms with Crippen LogP contribution in [0.5, 0.6) is 0 Å². The maximum Gasteiger partial charge on any atom is 0.227 e. The number of sulfonamides is 1. The number of hydrogen-bond acceptors (Lipinski definition) is 3. The van der Waals surface area contributed by atoms with Gasteiger partial charge in [-0.1, -0.05) is 53.0 Å². The Kier molecular flexibility index (Phi) is 6.89. The SMILES string of the molecule is O=C(Nc1cc(Cl)ccc1Cl)C1CCN(S(=O)(=O)Cc2ccccc2Cl)CC1. The molecule has 150 valence electrons. The first-order chi connectivity index (χ1) is 13.3. The van der Waals surface area contributed by atoms with Crippen LogP contribution in [-0.2, 0) is 20.6 Å². The molecule has 1 aliphatic heterocycles. The van der Waals surface area contributed by atoms with E-state index in [0.29, 0.717) is 39.2 Å². The van der Waals surface area contributed by atoms with Crippen molar-refractivity contribution in [3.63, 3.8) is 0 Å². The molecule has 0 radical (unpaired) electrons. The third-order valence-corrected chi connectivity index (χ3v) is 7.46. The van der Waals surface area contributed by atoms with Crippen LogP contribution < -0.4 is 5.32 Å². The average molecular weight is 462 g/mol. The molecule has 1 heterocycles. The van der Waals surface area contributed by atoms with Crippen LogP contribution in [0.1, 0.15) is 18.4 Å². The summed E-state index contributed by atoms with van der Waals surface area (Å²) < 4.78 is 26.8. The molecule has 9 heteroatoms. The zero-order valence-corrected chi connectivity index (χ0v) is 18.0. The molecule has 5 nitrogen and oxygen atoms in total. The molecule has 0 bridgehead atoms. The van der Waals surface area contributed by atoms with Crippen molar-refractivity contribution in [3.8, 4) is 0 Å². The fourth-order valence-electron chi connectivity index (χ4n) is 3.13. The van der Waals surface area contributed by atoms with E-state index < -0.39 is 10.0 Å². The van der Waals surface area contributed by atoms with Crippen molar-refractivity contribution in [2.75, 3.05) is 18.4 Å². The van der Waals surface area contributed by atoms with Gasteiger partial charge in [0.1, 0.15) is 0 Å². The molecular formula is C19H19Cl3N2O3S. The molecule has 2 aromatic rings. The van der Waals surface area contributed by atoms with Crippen LogP contribution in [0.3, 0.4) is 0 Å². The van der Waals surface area contributed by atoms with E-state index in [2.05, 4.69) is 5.32 Å². The fraction of sp³-hybridized carbons (Fsp3) is 0.316. The molecule has 28 heavy (non-hydrogen) atoms. The lowest BCUT2D eigenvalue weighted by molar-refractivity contribution is -0.120. The second-order valence-electron chi connectivity index (χ2n) is 6.63. The Bertz CT molecular complexity index is 974. The lowest BCUT2D eigenvalue weighted by Gasteiger charge is -2.30. The van der Waals surface area contributed by atoms with Gasteiger partial charge in [-0.3, -0.25) is 4.79 Å². The van der Waals surface area contributed by atoms with E-state index in [0.717, 1.165) is 0 Å². The van der Waals surface area contributed by atoms with Gasteiger partial charge in [-0.2, -0.15) is 0 Å². The Morgan fingerprint density at radius 1 is 1.04 bits per heavy atom. The van der Waals surface area contributed by atoms with Crippen molar-refractivity contribution in [3.05, 3.63) is 63.1 Å². The van der Waals surface area contributed by atoms with Gasteiger partial charge in [0.25, 0.3) is 0 Å². The molecule has 0 atom stereocenters. The van der Waals surface area contributed by atoms with Crippen LogP contribution in [0.2, 0.25) is 15.1 Å². The van der Waals surface area contributed by atoms with Crippen LogP contribution in [0, 0.1) is 5.92 Å². The standard InChI is InChI=1S/C19H19Cl3N2O3S/c20-15-5-6-17(22)18(11-15)23-19(25)13-7-9-24(10-8-13)28(26,27)12-14-3-1-2-4-16(14)21/h1-6,11,13H,7-10,12H2,(H,23,25).